The third-order valence-electron chi connectivity index (χ3n) is 3.02. The largest absolute Gasteiger partial charge is 0.385 e. The highest BCUT2D eigenvalue weighted by molar-refractivity contribution is 7.89. The summed E-state index contributed by atoms with van der Waals surface area (Å²) in [5.74, 6) is 0.760. The van der Waals surface area contributed by atoms with E-state index >= 15 is 0 Å². The van der Waals surface area contributed by atoms with E-state index in [9.17, 15) is 8.42 Å². The highest BCUT2D eigenvalue weighted by atomic mass is 32.2. The minimum atomic E-state index is -3.13. The second kappa shape index (κ2) is 12.6. The first-order valence-electron chi connectivity index (χ1n) is 7.54. The maximum atomic E-state index is 11.3. The zero-order valence-corrected chi connectivity index (χ0v) is 15.0. The molecule has 0 amide bonds. The summed E-state index contributed by atoms with van der Waals surface area (Å²) in [4.78, 5) is 6.31. The zero-order chi connectivity index (χ0) is 16.8. The number of rotatable bonds is 12. The lowest BCUT2D eigenvalue weighted by Crippen LogP contribution is -2.43. The van der Waals surface area contributed by atoms with Gasteiger partial charge in [0.05, 0.1) is 5.75 Å². The number of methoxy groups -OCH3 is 1. The lowest BCUT2D eigenvalue weighted by Gasteiger charge is -2.18. The van der Waals surface area contributed by atoms with Crippen LogP contribution in [-0.4, -0.2) is 85.6 Å². The Kier molecular flexibility index (Phi) is 12.1. The SMILES string of the molecule is CCS(=O)(=O)NCCNC(=NC)NCCN(C)CCCOC. The van der Waals surface area contributed by atoms with Gasteiger partial charge in [-0.25, -0.2) is 13.1 Å². The zero-order valence-electron chi connectivity index (χ0n) is 14.2. The minimum Gasteiger partial charge on any atom is -0.385 e. The molecule has 0 aromatic rings. The summed E-state index contributed by atoms with van der Waals surface area (Å²) in [6.45, 7) is 5.86. The predicted octanol–water partition coefficient (Wildman–Crippen LogP) is -0.941. The molecule has 0 unspecified atom stereocenters. The molecular weight excluding hydrogens is 306 g/mol. The van der Waals surface area contributed by atoms with Crippen molar-refractivity contribution < 1.29 is 13.2 Å². The number of likely N-dealkylation sites (N-methyl/N-ethyl adjacent to an activating group) is 1. The Morgan fingerprint density at radius 3 is 2.45 bits per heavy atom. The average molecular weight is 337 g/mol. The summed E-state index contributed by atoms with van der Waals surface area (Å²) in [6, 6.07) is 0. The van der Waals surface area contributed by atoms with E-state index in [0.717, 1.165) is 32.7 Å². The van der Waals surface area contributed by atoms with Gasteiger partial charge in [0.2, 0.25) is 10.0 Å². The third kappa shape index (κ3) is 11.7. The van der Waals surface area contributed by atoms with Gasteiger partial charge < -0.3 is 20.3 Å². The molecule has 8 nitrogen and oxygen atoms in total. The fourth-order valence-electron chi connectivity index (χ4n) is 1.67. The van der Waals surface area contributed by atoms with Crippen molar-refractivity contribution in [2.45, 2.75) is 13.3 Å². The smallest absolute Gasteiger partial charge is 0.211 e. The van der Waals surface area contributed by atoms with Crippen LogP contribution in [0.25, 0.3) is 0 Å². The minimum absolute atomic E-state index is 0.0926. The molecule has 0 aliphatic rings. The van der Waals surface area contributed by atoms with Crippen LogP contribution < -0.4 is 15.4 Å². The summed E-state index contributed by atoms with van der Waals surface area (Å²) in [7, 11) is 2.33. The molecule has 0 heterocycles. The molecule has 132 valence electrons. The molecule has 0 rings (SSSR count). The molecule has 0 fully saturated rings. The summed E-state index contributed by atoms with van der Waals surface area (Å²) in [6.07, 6.45) is 1.01. The maximum absolute atomic E-state index is 11.3. The van der Waals surface area contributed by atoms with Gasteiger partial charge in [0.1, 0.15) is 0 Å². The van der Waals surface area contributed by atoms with E-state index in [2.05, 4.69) is 32.3 Å². The predicted molar refractivity (Wildman–Crippen MR) is 90.8 cm³/mol. The van der Waals surface area contributed by atoms with Crippen molar-refractivity contribution in [1.82, 2.24) is 20.3 Å². The van der Waals surface area contributed by atoms with E-state index in [-0.39, 0.29) is 5.75 Å². The number of nitrogens with one attached hydrogen (secondary N) is 3. The molecule has 0 radical (unpaired) electrons. The molecule has 0 aliphatic heterocycles. The van der Waals surface area contributed by atoms with E-state index < -0.39 is 10.0 Å². The van der Waals surface area contributed by atoms with E-state index in [1.54, 1.807) is 21.1 Å². The highest BCUT2D eigenvalue weighted by Crippen LogP contribution is 1.87. The monoisotopic (exact) mass is 337 g/mol. The summed E-state index contributed by atoms with van der Waals surface area (Å²) < 4.78 is 30.1. The normalized spacial score (nSPS) is 12.7. The van der Waals surface area contributed by atoms with Gasteiger partial charge in [-0.15, -0.1) is 0 Å². The molecule has 9 heteroatoms. The quantitative estimate of drug-likeness (QED) is 0.242. The molecule has 0 spiro atoms. The Labute approximate surface area is 134 Å². The van der Waals surface area contributed by atoms with Gasteiger partial charge in [-0.1, -0.05) is 0 Å². The second-order valence-electron chi connectivity index (χ2n) is 4.87. The first-order chi connectivity index (χ1) is 10.4. The Morgan fingerprint density at radius 2 is 1.86 bits per heavy atom. The lowest BCUT2D eigenvalue weighted by atomic mass is 10.4. The molecule has 0 atom stereocenters. The van der Waals surface area contributed by atoms with E-state index in [0.29, 0.717) is 19.0 Å². The number of sulfonamides is 1. The number of hydrogen-bond acceptors (Lipinski definition) is 5. The Bertz CT molecular complexity index is 400. The van der Waals surface area contributed by atoms with Crippen LogP contribution in [0.4, 0.5) is 0 Å². The molecular formula is C13H31N5O3S. The van der Waals surface area contributed by atoms with Crippen LogP contribution in [0.2, 0.25) is 0 Å². The summed E-state index contributed by atoms with van der Waals surface area (Å²) in [5, 5.41) is 6.26. The van der Waals surface area contributed by atoms with Crippen LogP contribution in [0.3, 0.4) is 0 Å². The van der Waals surface area contributed by atoms with Crippen molar-refractivity contribution >= 4 is 16.0 Å². The molecule has 0 bridgehead atoms. The Hall–Kier alpha value is -0.900. The van der Waals surface area contributed by atoms with E-state index in [4.69, 9.17) is 4.74 Å². The van der Waals surface area contributed by atoms with Gasteiger partial charge in [-0.3, -0.25) is 4.99 Å². The topological polar surface area (TPSA) is 95.1 Å². The van der Waals surface area contributed by atoms with Crippen molar-refractivity contribution in [1.29, 1.82) is 0 Å². The van der Waals surface area contributed by atoms with Crippen molar-refractivity contribution in [3.8, 4) is 0 Å². The van der Waals surface area contributed by atoms with Crippen molar-refractivity contribution in [3.63, 3.8) is 0 Å². The molecule has 0 aliphatic carbocycles. The van der Waals surface area contributed by atoms with Crippen LogP contribution in [0.5, 0.6) is 0 Å². The number of hydrogen-bond donors (Lipinski definition) is 3. The molecule has 0 saturated carbocycles. The standard InChI is InChI=1S/C13H31N5O3S/c1-5-22(19,20)17-8-7-15-13(14-2)16-9-11-18(3)10-6-12-21-4/h17H,5-12H2,1-4H3,(H2,14,15,16). The first-order valence-corrected chi connectivity index (χ1v) is 9.19. The molecule has 22 heavy (non-hydrogen) atoms. The van der Waals surface area contributed by atoms with Crippen molar-refractivity contribution in [3.05, 3.63) is 0 Å². The van der Waals surface area contributed by atoms with Gasteiger partial charge in [0, 0.05) is 53.5 Å². The first kappa shape index (κ1) is 21.1. The lowest BCUT2D eigenvalue weighted by molar-refractivity contribution is 0.180. The number of nitrogens with zero attached hydrogens (tertiary/aromatic N) is 2. The van der Waals surface area contributed by atoms with E-state index in [1.807, 2.05) is 0 Å². The van der Waals surface area contributed by atoms with Gasteiger partial charge in [0.25, 0.3) is 0 Å². The molecule has 3 N–H and O–H groups in total. The van der Waals surface area contributed by atoms with Crippen LogP contribution in [0.1, 0.15) is 13.3 Å². The van der Waals surface area contributed by atoms with Gasteiger partial charge in [-0.05, 0) is 20.4 Å². The average Bonchev–Trinajstić information content (AvgIpc) is 2.50. The van der Waals surface area contributed by atoms with Gasteiger partial charge in [-0.2, -0.15) is 0 Å². The van der Waals surface area contributed by atoms with Gasteiger partial charge in [0.15, 0.2) is 5.96 Å². The number of aliphatic imine (C=N–C) groups is 1. The van der Waals surface area contributed by atoms with E-state index in [1.165, 1.54) is 0 Å². The molecule has 0 aromatic heterocycles. The summed E-state index contributed by atoms with van der Waals surface area (Å²) in [5.41, 5.74) is 0. The molecule has 0 saturated heterocycles. The fraction of sp³-hybridized carbons (Fsp3) is 0.923. The van der Waals surface area contributed by atoms with Crippen LogP contribution in [0, 0.1) is 0 Å². The maximum Gasteiger partial charge on any atom is 0.211 e. The number of guanidine groups is 1. The Balaban J connectivity index is 3.76. The van der Waals surface area contributed by atoms with Crippen molar-refractivity contribution in [2.75, 3.05) is 66.3 Å². The van der Waals surface area contributed by atoms with Crippen molar-refractivity contribution in [2.24, 2.45) is 4.99 Å². The third-order valence-corrected chi connectivity index (χ3v) is 4.42. The fourth-order valence-corrected chi connectivity index (χ4v) is 2.28. The Morgan fingerprint density at radius 1 is 1.18 bits per heavy atom. The van der Waals surface area contributed by atoms with Crippen LogP contribution in [0.15, 0.2) is 4.99 Å². The second-order valence-corrected chi connectivity index (χ2v) is 6.97. The number of ether oxygens (including phenoxy) is 1. The highest BCUT2D eigenvalue weighted by Gasteiger charge is 2.05. The molecule has 0 aromatic carbocycles. The van der Waals surface area contributed by atoms with Crippen LogP contribution in [-0.2, 0) is 14.8 Å². The van der Waals surface area contributed by atoms with Crippen LogP contribution >= 0.6 is 0 Å². The van der Waals surface area contributed by atoms with Gasteiger partial charge >= 0.3 is 0 Å². The summed E-state index contributed by atoms with van der Waals surface area (Å²) >= 11 is 0.